The quantitative estimate of drug-likeness (QED) is 0.233. The molecule has 1 aromatic rings. The lowest BCUT2D eigenvalue weighted by Gasteiger charge is -2.27. The molecular weight excluding hydrogens is 426 g/mol. The largest absolute Gasteiger partial charge is 0.494 e. The number of nitrogens with two attached hydrogens (primary N) is 1. The van der Waals surface area contributed by atoms with Crippen LogP contribution in [0.25, 0.3) is 0 Å². The van der Waals surface area contributed by atoms with Crippen molar-refractivity contribution in [3.8, 4) is 5.75 Å². The van der Waals surface area contributed by atoms with Gasteiger partial charge in [-0.3, -0.25) is 14.4 Å². The van der Waals surface area contributed by atoms with Gasteiger partial charge in [-0.2, -0.15) is 0 Å². The van der Waals surface area contributed by atoms with E-state index in [9.17, 15) is 19.5 Å². The maximum Gasteiger partial charge on any atom is 0.303 e. The Morgan fingerprint density at radius 3 is 2.52 bits per heavy atom. The van der Waals surface area contributed by atoms with E-state index in [2.05, 4.69) is 10.6 Å². The Labute approximate surface area is 196 Å². The van der Waals surface area contributed by atoms with Crippen molar-refractivity contribution in [1.29, 1.82) is 0 Å². The van der Waals surface area contributed by atoms with Crippen LogP contribution in [0.15, 0.2) is 24.3 Å². The van der Waals surface area contributed by atoms with Crippen molar-refractivity contribution < 1.29 is 29.3 Å². The molecule has 186 valence electrons. The van der Waals surface area contributed by atoms with Crippen molar-refractivity contribution in [2.24, 2.45) is 11.7 Å². The highest BCUT2D eigenvalue weighted by molar-refractivity contribution is 5.81. The molecule has 0 aromatic heterocycles. The molecule has 9 nitrogen and oxygen atoms in total. The lowest BCUT2D eigenvalue weighted by Crippen LogP contribution is -2.50. The monoisotopic (exact) mass is 465 g/mol. The van der Waals surface area contributed by atoms with Crippen molar-refractivity contribution in [1.82, 2.24) is 10.6 Å². The fraction of sp³-hybridized carbons (Fsp3) is 0.625. The Balaban J connectivity index is 2.81. The molecule has 0 radical (unpaired) electrons. The molecule has 0 saturated carbocycles. The first-order valence-electron chi connectivity index (χ1n) is 11.6. The van der Waals surface area contributed by atoms with Crippen molar-refractivity contribution in [3.63, 3.8) is 0 Å². The van der Waals surface area contributed by atoms with Crippen LogP contribution < -0.4 is 21.1 Å². The number of unbranched alkanes of at least 4 members (excludes halogenated alkanes) is 1. The maximum atomic E-state index is 12.3. The van der Waals surface area contributed by atoms with Crippen LogP contribution in [0.5, 0.6) is 5.75 Å². The summed E-state index contributed by atoms with van der Waals surface area (Å²) in [5.41, 5.74) is 6.51. The number of carboxylic acid groups (broad SMARTS) is 1. The number of carbonyl (C=O) groups is 3. The van der Waals surface area contributed by atoms with Gasteiger partial charge in [-0.25, -0.2) is 0 Å². The summed E-state index contributed by atoms with van der Waals surface area (Å²) >= 11 is 0. The van der Waals surface area contributed by atoms with E-state index in [1.807, 2.05) is 13.0 Å². The molecule has 0 heterocycles. The molecular formula is C24H39N3O6. The zero-order chi connectivity index (χ0) is 24.8. The predicted octanol–water partition coefficient (Wildman–Crippen LogP) is 1.61. The van der Waals surface area contributed by atoms with E-state index < -0.39 is 30.1 Å². The molecule has 9 heteroatoms. The average Bonchev–Trinajstić information content (AvgIpc) is 2.76. The van der Waals surface area contributed by atoms with E-state index in [0.717, 1.165) is 18.4 Å². The number of aliphatic hydroxyl groups excluding tert-OH is 1. The molecule has 0 spiro atoms. The molecule has 0 aliphatic carbocycles. The molecule has 2 amide bonds. The van der Waals surface area contributed by atoms with Crippen LogP contribution in [0, 0.1) is 5.92 Å². The SMILES string of the molecule is CCCCNC(=O)[C@@H](C)C[C@@H](O)[C@H](Cc1cccc(OCCCC(=O)O)c1)NC(=O)[C@H](C)N. The Kier molecular flexibility index (Phi) is 13.1. The summed E-state index contributed by atoms with van der Waals surface area (Å²) < 4.78 is 5.62. The lowest BCUT2D eigenvalue weighted by atomic mass is 9.93. The zero-order valence-corrected chi connectivity index (χ0v) is 19.9. The molecule has 0 unspecified atom stereocenters. The molecule has 33 heavy (non-hydrogen) atoms. The fourth-order valence-corrected chi connectivity index (χ4v) is 3.22. The number of aliphatic hydroxyl groups is 1. The normalized spacial score (nSPS) is 14.6. The van der Waals surface area contributed by atoms with E-state index in [4.69, 9.17) is 15.6 Å². The third kappa shape index (κ3) is 11.7. The number of nitrogens with one attached hydrogen (secondary N) is 2. The smallest absolute Gasteiger partial charge is 0.303 e. The minimum Gasteiger partial charge on any atom is -0.494 e. The average molecular weight is 466 g/mol. The number of benzene rings is 1. The summed E-state index contributed by atoms with van der Waals surface area (Å²) in [6, 6.07) is 5.82. The van der Waals surface area contributed by atoms with Crippen LogP contribution in [-0.4, -0.2) is 59.3 Å². The Morgan fingerprint density at radius 2 is 1.88 bits per heavy atom. The van der Waals surface area contributed by atoms with Crippen molar-refractivity contribution in [3.05, 3.63) is 29.8 Å². The van der Waals surface area contributed by atoms with Gasteiger partial charge in [0.05, 0.1) is 24.8 Å². The number of hydrogen-bond donors (Lipinski definition) is 5. The van der Waals surface area contributed by atoms with Gasteiger partial charge in [0.1, 0.15) is 5.75 Å². The number of hydrogen-bond acceptors (Lipinski definition) is 6. The van der Waals surface area contributed by atoms with Gasteiger partial charge in [0, 0.05) is 18.9 Å². The standard InChI is InChI=1S/C24H39N3O6/c1-4-5-11-26-23(31)16(2)13-21(28)20(27-24(32)17(3)25)15-18-8-6-9-19(14-18)33-12-7-10-22(29)30/h6,8-9,14,16-17,20-21,28H,4-5,7,10-13,15,25H2,1-3H3,(H,26,31)(H,27,32)(H,29,30)/t16-,17-,20-,21+/m0/s1. The lowest BCUT2D eigenvalue weighted by molar-refractivity contribution is -0.137. The van der Waals surface area contributed by atoms with Crippen LogP contribution >= 0.6 is 0 Å². The van der Waals surface area contributed by atoms with E-state index in [0.29, 0.717) is 25.1 Å². The Bertz CT molecular complexity index is 755. The topological polar surface area (TPSA) is 151 Å². The van der Waals surface area contributed by atoms with Gasteiger partial charge >= 0.3 is 5.97 Å². The molecule has 0 aliphatic rings. The summed E-state index contributed by atoms with van der Waals surface area (Å²) in [5, 5.41) is 25.2. The van der Waals surface area contributed by atoms with Crippen molar-refractivity contribution in [2.75, 3.05) is 13.2 Å². The minimum absolute atomic E-state index is 0.0292. The Morgan fingerprint density at radius 1 is 1.15 bits per heavy atom. The summed E-state index contributed by atoms with van der Waals surface area (Å²) in [5.74, 6) is -1.23. The van der Waals surface area contributed by atoms with Gasteiger partial charge < -0.3 is 31.3 Å². The molecule has 0 fully saturated rings. The van der Waals surface area contributed by atoms with Crippen LogP contribution in [0.3, 0.4) is 0 Å². The van der Waals surface area contributed by atoms with Crippen molar-refractivity contribution >= 4 is 17.8 Å². The van der Waals surface area contributed by atoms with Gasteiger partial charge in [0.2, 0.25) is 11.8 Å². The second-order valence-electron chi connectivity index (χ2n) is 8.45. The highest BCUT2D eigenvalue weighted by Gasteiger charge is 2.27. The van der Waals surface area contributed by atoms with Crippen LogP contribution in [-0.2, 0) is 20.8 Å². The van der Waals surface area contributed by atoms with E-state index in [1.54, 1.807) is 32.0 Å². The van der Waals surface area contributed by atoms with E-state index in [1.165, 1.54) is 0 Å². The van der Waals surface area contributed by atoms with Crippen LogP contribution in [0.1, 0.15) is 58.4 Å². The van der Waals surface area contributed by atoms with Gasteiger partial charge in [-0.1, -0.05) is 32.4 Å². The third-order valence-electron chi connectivity index (χ3n) is 5.24. The van der Waals surface area contributed by atoms with Crippen LogP contribution in [0.4, 0.5) is 0 Å². The first-order valence-corrected chi connectivity index (χ1v) is 11.6. The number of carboxylic acids is 1. The number of rotatable bonds is 16. The number of amides is 2. The number of ether oxygens (including phenoxy) is 1. The number of aliphatic carboxylic acids is 1. The molecule has 0 saturated heterocycles. The summed E-state index contributed by atoms with van der Waals surface area (Å²) in [6.07, 6.45) is 1.84. The Hall–Kier alpha value is -2.65. The highest BCUT2D eigenvalue weighted by atomic mass is 16.5. The third-order valence-corrected chi connectivity index (χ3v) is 5.24. The fourth-order valence-electron chi connectivity index (χ4n) is 3.22. The second kappa shape index (κ2) is 15.2. The van der Waals surface area contributed by atoms with Gasteiger partial charge in [0.25, 0.3) is 0 Å². The highest BCUT2D eigenvalue weighted by Crippen LogP contribution is 2.18. The minimum atomic E-state index is -0.959. The van der Waals surface area contributed by atoms with Crippen LogP contribution in [0.2, 0.25) is 0 Å². The summed E-state index contributed by atoms with van der Waals surface area (Å²) in [4.78, 5) is 35.2. The second-order valence-corrected chi connectivity index (χ2v) is 8.45. The molecule has 6 N–H and O–H groups in total. The molecule has 0 bridgehead atoms. The van der Waals surface area contributed by atoms with Gasteiger partial charge in [-0.15, -0.1) is 0 Å². The van der Waals surface area contributed by atoms with Crippen molar-refractivity contribution in [2.45, 2.75) is 77.5 Å². The maximum absolute atomic E-state index is 12.3. The van der Waals surface area contributed by atoms with Gasteiger partial charge in [0.15, 0.2) is 0 Å². The molecule has 1 aromatic carbocycles. The summed E-state index contributed by atoms with van der Waals surface area (Å²) in [6.45, 7) is 6.23. The number of carbonyl (C=O) groups excluding carboxylic acids is 2. The molecule has 4 atom stereocenters. The first kappa shape index (κ1) is 28.4. The van der Waals surface area contributed by atoms with Gasteiger partial charge in [-0.05, 0) is 50.3 Å². The van der Waals surface area contributed by atoms with E-state index >= 15 is 0 Å². The zero-order valence-electron chi connectivity index (χ0n) is 19.9. The predicted molar refractivity (Wildman–Crippen MR) is 126 cm³/mol. The molecule has 0 aliphatic heterocycles. The van der Waals surface area contributed by atoms with E-state index in [-0.39, 0.29) is 31.3 Å². The molecule has 1 rings (SSSR count). The first-order chi connectivity index (χ1) is 15.6. The summed E-state index contributed by atoms with van der Waals surface area (Å²) in [7, 11) is 0.